The van der Waals surface area contributed by atoms with Crippen LogP contribution in [0.5, 0.6) is 0 Å². The Morgan fingerprint density at radius 3 is 2.63 bits per heavy atom. The first-order chi connectivity index (χ1) is 9.22. The molecule has 3 nitrogen and oxygen atoms in total. The van der Waals surface area contributed by atoms with Crippen molar-refractivity contribution in [3.8, 4) is 11.8 Å². The molecular formula is C16H21NO2. The van der Waals surface area contributed by atoms with E-state index in [0.717, 1.165) is 12.8 Å². The van der Waals surface area contributed by atoms with E-state index in [1.54, 1.807) is 12.1 Å². The number of amides is 1. The van der Waals surface area contributed by atoms with E-state index in [0.29, 0.717) is 23.6 Å². The number of carbonyl (C=O) groups excluding carboxylic acids is 1. The van der Waals surface area contributed by atoms with Gasteiger partial charge in [0.2, 0.25) is 0 Å². The van der Waals surface area contributed by atoms with Crippen LogP contribution in [0.3, 0.4) is 0 Å². The second kappa shape index (κ2) is 8.34. The number of aliphatic hydroxyl groups is 1. The SMILES string of the molecule is CCC(CC)CNC(=O)c1ccccc1C#CCO. The second-order valence-corrected chi connectivity index (χ2v) is 4.40. The zero-order chi connectivity index (χ0) is 14.1. The maximum Gasteiger partial charge on any atom is 0.252 e. The van der Waals surface area contributed by atoms with Gasteiger partial charge in [0.1, 0.15) is 6.61 Å². The van der Waals surface area contributed by atoms with Gasteiger partial charge in [-0.3, -0.25) is 4.79 Å². The summed E-state index contributed by atoms with van der Waals surface area (Å²) < 4.78 is 0. The molecule has 0 radical (unpaired) electrons. The largest absolute Gasteiger partial charge is 0.384 e. The van der Waals surface area contributed by atoms with Crippen LogP contribution in [0, 0.1) is 17.8 Å². The smallest absolute Gasteiger partial charge is 0.252 e. The van der Waals surface area contributed by atoms with Crippen molar-refractivity contribution in [3.63, 3.8) is 0 Å². The summed E-state index contributed by atoms with van der Waals surface area (Å²) in [6.07, 6.45) is 2.12. The van der Waals surface area contributed by atoms with Gasteiger partial charge in [-0.15, -0.1) is 0 Å². The molecule has 0 saturated carbocycles. The van der Waals surface area contributed by atoms with E-state index in [2.05, 4.69) is 31.0 Å². The fourth-order valence-corrected chi connectivity index (χ4v) is 1.83. The van der Waals surface area contributed by atoms with E-state index in [4.69, 9.17) is 5.11 Å². The molecule has 0 aliphatic carbocycles. The minimum Gasteiger partial charge on any atom is -0.384 e. The molecule has 1 aromatic rings. The van der Waals surface area contributed by atoms with Gasteiger partial charge in [-0.1, -0.05) is 50.7 Å². The number of hydrogen-bond acceptors (Lipinski definition) is 2. The molecule has 0 bridgehead atoms. The predicted octanol–water partition coefficient (Wildman–Crippen LogP) is 2.20. The topological polar surface area (TPSA) is 49.3 Å². The highest BCUT2D eigenvalue weighted by atomic mass is 16.2. The molecule has 3 heteroatoms. The minimum absolute atomic E-state index is 0.102. The van der Waals surface area contributed by atoms with E-state index in [1.807, 2.05) is 12.1 Å². The van der Waals surface area contributed by atoms with E-state index in [-0.39, 0.29) is 12.5 Å². The molecule has 19 heavy (non-hydrogen) atoms. The Balaban J connectivity index is 2.76. The predicted molar refractivity (Wildman–Crippen MR) is 76.8 cm³/mol. The summed E-state index contributed by atoms with van der Waals surface area (Å²) in [4.78, 5) is 12.1. The maximum atomic E-state index is 12.1. The Hall–Kier alpha value is -1.79. The second-order valence-electron chi connectivity index (χ2n) is 4.40. The van der Waals surface area contributed by atoms with Gasteiger partial charge in [0.25, 0.3) is 5.91 Å². The van der Waals surface area contributed by atoms with Crippen LogP contribution in [0.15, 0.2) is 24.3 Å². The Morgan fingerprint density at radius 1 is 1.32 bits per heavy atom. The summed E-state index contributed by atoms with van der Waals surface area (Å²) in [7, 11) is 0. The summed E-state index contributed by atoms with van der Waals surface area (Å²) in [5.41, 5.74) is 1.22. The van der Waals surface area contributed by atoms with Crippen molar-refractivity contribution in [3.05, 3.63) is 35.4 Å². The summed E-state index contributed by atoms with van der Waals surface area (Å²) in [6, 6.07) is 7.19. The molecule has 0 unspecified atom stereocenters. The lowest BCUT2D eigenvalue weighted by Crippen LogP contribution is -2.29. The van der Waals surface area contributed by atoms with Gasteiger partial charge in [-0.2, -0.15) is 0 Å². The number of benzene rings is 1. The van der Waals surface area contributed by atoms with Crippen molar-refractivity contribution in [2.75, 3.05) is 13.2 Å². The molecule has 0 saturated heterocycles. The Labute approximate surface area is 115 Å². The molecule has 0 heterocycles. The van der Waals surface area contributed by atoms with Crippen LogP contribution < -0.4 is 5.32 Å². The lowest BCUT2D eigenvalue weighted by atomic mass is 10.0. The van der Waals surface area contributed by atoms with Crippen molar-refractivity contribution in [2.24, 2.45) is 5.92 Å². The molecule has 0 aromatic heterocycles. The molecule has 0 fully saturated rings. The molecule has 1 aromatic carbocycles. The average molecular weight is 259 g/mol. The third-order valence-electron chi connectivity index (χ3n) is 3.18. The number of carbonyl (C=O) groups is 1. The van der Waals surface area contributed by atoms with E-state index in [1.165, 1.54) is 0 Å². The van der Waals surface area contributed by atoms with Crippen LogP contribution in [-0.4, -0.2) is 24.2 Å². The molecule has 0 atom stereocenters. The van der Waals surface area contributed by atoms with Crippen LogP contribution in [0.25, 0.3) is 0 Å². The lowest BCUT2D eigenvalue weighted by Gasteiger charge is -2.13. The van der Waals surface area contributed by atoms with E-state index < -0.39 is 0 Å². The normalized spacial score (nSPS) is 9.89. The van der Waals surface area contributed by atoms with E-state index in [9.17, 15) is 4.79 Å². The first kappa shape index (κ1) is 15.3. The Bertz CT molecular complexity index is 467. The Kier molecular flexibility index (Phi) is 6.70. The standard InChI is InChI=1S/C16H21NO2/c1-3-13(4-2)12-17-16(19)15-10-6-5-8-14(15)9-7-11-18/h5-6,8,10,13,18H,3-4,11-12H2,1-2H3,(H,17,19). The molecule has 1 rings (SSSR count). The van der Waals surface area contributed by atoms with Crippen LogP contribution >= 0.6 is 0 Å². The van der Waals surface area contributed by atoms with Gasteiger partial charge in [-0.25, -0.2) is 0 Å². The number of nitrogens with one attached hydrogen (secondary N) is 1. The molecule has 0 aliphatic rings. The molecule has 1 amide bonds. The molecule has 0 aliphatic heterocycles. The van der Waals surface area contributed by atoms with Crippen LogP contribution in [0.4, 0.5) is 0 Å². The summed E-state index contributed by atoms with van der Waals surface area (Å²) in [6.45, 7) is 4.74. The van der Waals surface area contributed by atoms with Gasteiger partial charge in [0, 0.05) is 12.1 Å². The summed E-state index contributed by atoms with van der Waals surface area (Å²) in [5, 5.41) is 11.7. The summed E-state index contributed by atoms with van der Waals surface area (Å²) >= 11 is 0. The number of hydrogen-bond donors (Lipinski definition) is 2. The molecular weight excluding hydrogens is 238 g/mol. The van der Waals surface area contributed by atoms with Gasteiger partial charge in [-0.05, 0) is 18.1 Å². The maximum absolute atomic E-state index is 12.1. The fourth-order valence-electron chi connectivity index (χ4n) is 1.83. The highest BCUT2D eigenvalue weighted by molar-refractivity contribution is 5.96. The van der Waals surface area contributed by atoms with Gasteiger partial charge < -0.3 is 10.4 Å². The van der Waals surface area contributed by atoms with Crippen LogP contribution in [-0.2, 0) is 0 Å². The van der Waals surface area contributed by atoms with Crippen molar-refractivity contribution in [2.45, 2.75) is 26.7 Å². The Morgan fingerprint density at radius 2 is 2.00 bits per heavy atom. The first-order valence-electron chi connectivity index (χ1n) is 6.69. The average Bonchev–Trinajstić information content (AvgIpc) is 2.46. The van der Waals surface area contributed by atoms with Crippen LogP contribution in [0.1, 0.15) is 42.6 Å². The fraction of sp³-hybridized carbons (Fsp3) is 0.438. The van der Waals surface area contributed by atoms with Crippen molar-refractivity contribution >= 4 is 5.91 Å². The first-order valence-corrected chi connectivity index (χ1v) is 6.69. The zero-order valence-electron chi connectivity index (χ0n) is 11.6. The minimum atomic E-state index is -0.205. The lowest BCUT2D eigenvalue weighted by molar-refractivity contribution is 0.0946. The highest BCUT2D eigenvalue weighted by Gasteiger charge is 2.11. The van der Waals surface area contributed by atoms with Crippen molar-refractivity contribution in [1.82, 2.24) is 5.32 Å². The third-order valence-corrected chi connectivity index (χ3v) is 3.18. The van der Waals surface area contributed by atoms with Gasteiger partial charge in [0.05, 0.1) is 5.56 Å². The molecule has 0 spiro atoms. The monoisotopic (exact) mass is 259 g/mol. The summed E-state index contributed by atoms with van der Waals surface area (Å²) in [5.74, 6) is 5.78. The molecule has 102 valence electrons. The quantitative estimate of drug-likeness (QED) is 0.796. The van der Waals surface area contributed by atoms with Crippen molar-refractivity contribution in [1.29, 1.82) is 0 Å². The third kappa shape index (κ3) is 4.76. The molecule has 2 N–H and O–H groups in total. The van der Waals surface area contributed by atoms with Crippen molar-refractivity contribution < 1.29 is 9.90 Å². The highest BCUT2D eigenvalue weighted by Crippen LogP contribution is 2.09. The van der Waals surface area contributed by atoms with Gasteiger partial charge in [0.15, 0.2) is 0 Å². The van der Waals surface area contributed by atoms with Crippen LogP contribution in [0.2, 0.25) is 0 Å². The zero-order valence-corrected chi connectivity index (χ0v) is 11.6. The number of rotatable bonds is 5. The van der Waals surface area contributed by atoms with E-state index >= 15 is 0 Å². The van der Waals surface area contributed by atoms with Gasteiger partial charge >= 0.3 is 0 Å². The number of aliphatic hydroxyl groups excluding tert-OH is 1.